The minimum absolute atomic E-state index is 0.00482. The lowest BCUT2D eigenvalue weighted by Crippen LogP contribution is -2.33. The summed E-state index contributed by atoms with van der Waals surface area (Å²) in [5, 5.41) is 15.4. The number of anilines is 3. The van der Waals surface area contributed by atoms with Crippen LogP contribution in [0.25, 0.3) is 11.1 Å². The van der Waals surface area contributed by atoms with Gasteiger partial charge in [0.1, 0.15) is 5.82 Å². The van der Waals surface area contributed by atoms with Crippen molar-refractivity contribution in [3.8, 4) is 11.1 Å². The molecule has 7 heteroatoms. The van der Waals surface area contributed by atoms with Gasteiger partial charge in [-0.05, 0) is 72.9 Å². The fourth-order valence-electron chi connectivity index (χ4n) is 3.88. The molecule has 0 spiro atoms. The molecule has 3 N–H and O–H groups in total. The zero-order valence-electron chi connectivity index (χ0n) is 20.8. The number of rotatable bonds is 7. The molecule has 0 aliphatic carbocycles. The van der Waals surface area contributed by atoms with Crippen LogP contribution in [0, 0.1) is 18.2 Å². The molecule has 0 unspecified atom stereocenters. The van der Waals surface area contributed by atoms with Crippen molar-refractivity contribution >= 4 is 29.1 Å². The second-order valence-electron chi connectivity index (χ2n) is 9.75. The zero-order valence-corrected chi connectivity index (χ0v) is 20.8. The van der Waals surface area contributed by atoms with Crippen molar-refractivity contribution in [3.63, 3.8) is 0 Å². The highest BCUT2D eigenvalue weighted by atomic mass is 19.1. The molecule has 6 nitrogen and oxygen atoms in total. The largest absolute Gasteiger partial charge is 0.478 e. The van der Waals surface area contributed by atoms with E-state index in [9.17, 15) is 19.1 Å². The van der Waals surface area contributed by atoms with Gasteiger partial charge in [0.25, 0.3) is 0 Å². The fourth-order valence-corrected chi connectivity index (χ4v) is 3.88. The highest BCUT2D eigenvalue weighted by molar-refractivity contribution is 6.03. The first kappa shape index (κ1) is 25.7. The van der Waals surface area contributed by atoms with Crippen LogP contribution in [0.5, 0.6) is 0 Å². The number of nitrogens with one attached hydrogen (secondary N) is 2. The van der Waals surface area contributed by atoms with Crippen molar-refractivity contribution in [2.45, 2.75) is 34.6 Å². The van der Waals surface area contributed by atoms with Gasteiger partial charge in [0.15, 0.2) is 0 Å². The van der Waals surface area contributed by atoms with Crippen LogP contribution in [0.4, 0.5) is 26.2 Å². The number of aryl methyl sites for hydroxylation is 1. The number of nitrogens with zero attached hydrogens (tertiary/aromatic N) is 1. The van der Waals surface area contributed by atoms with Gasteiger partial charge in [-0.3, -0.25) is 0 Å². The summed E-state index contributed by atoms with van der Waals surface area (Å²) in [6.07, 6.45) is 0. The second kappa shape index (κ2) is 10.6. The van der Waals surface area contributed by atoms with Gasteiger partial charge in [-0.1, -0.05) is 44.5 Å². The Hall–Kier alpha value is -3.87. The predicted molar refractivity (Wildman–Crippen MR) is 140 cm³/mol. The summed E-state index contributed by atoms with van der Waals surface area (Å²) < 4.78 is 14.0. The molecule has 0 aromatic heterocycles. The van der Waals surface area contributed by atoms with Gasteiger partial charge in [0, 0.05) is 18.8 Å². The Balaban J connectivity index is 2.05. The summed E-state index contributed by atoms with van der Waals surface area (Å²) in [7, 11) is 0. The van der Waals surface area contributed by atoms with Crippen LogP contribution < -0.4 is 15.5 Å². The van der Waals surface area contributed by atoms with Crippen LogP contribution in [0.2, 0.25) is 0 Å². The number of carbonyl (C=O) groups is 2. The number of hydrogen-bond donors (Lipinski definition) is 3. The van der Waals surface area contributed by atoms with Crippen LogP contribution in [-0.2, 0) is 0 Å². The standard InChI is InChI=1S/C28H32FN3O3/c1-6-32(17-28(3,4)5)25-14-9-19(23-16-20(29)10-13-22(23)26(33)34)15-24(25)31-27(35)30-21-11-7-18(2)8-12-21/h7-16H,6,17H2,1-5H3,(H,33,34)(H2,30,31,35). The Morgan fingerprint density at radius 2 is 1.66 bits per heavy atom. The number of halogens is 1. The number of aromatic carboxylic acids is 1. The van der Waals surface area contributed by atoms with E-state index < -0.39 is 17.8 Å². The lowest BCUT2D eigenvalue weighted by molar-refractivity contribution is 0.0697. The third kappa shape index (κ3) is 6.82. The van der Waals surface area contributed by atoms with Gasteiger partial charge in [0.2, 0.25) is 0 Å². The van der Waals surface area contributed by atoms with E-state index in [-0.39, 0.29) is 16.5 Å². The Kier molecular flexibility index (Phi) is 7.79. The Labute approximate surface area is 205 Å². The monoisotopic (exact) mass is 477 g/mol. The van der Waals surface area contributed by atoms with Crippen molar-refractivity contribution in [3.05, 3.63) is 77.6 Å². The molecule has 3 aromatic rings. The number of hydrogen-bond acceptors (Lipinski definition) is 3. The van der Waals surface area contributed by atoms with Crippen LogP contribution >= 0.6 is 0 Å². The van der Waals surface area contributed by atoms with Crippen LogP contribution in [0.3, 0.4) is 0 Å². The quantitative estimate of drug-likeness (QED) is 0.342. The lowest BCUT2D eigenvalue weighted by Gasteiger charge is -2.32. The molecular weight excluding hydrogens is 445 g/mol. The molecule has 0 aliphatic heterocycles. The van der Waals surface area contributed by atoms with Gasteiger partial charge in [0.05, 0.1) is 16.9 Å². The zero-order chi connectivity index (χ0) is 25.8. The summed E-state index contributed by atoms with van der Waals surface area (Å²) in [4.78, 5) is 26.8. The highest BCUT2D eigenvalue weighted by Crippen LogP contribution is 2.35. The molecule has 0 fully saturated rings. The fraction of sp³-hybridized carbons (Fsp3) is 0.286. The third-order valence-electron chi connectivity index (χ3n) is 5.46. The highest BCUT2D eigenvalue weighted by Gasteiger charge is 2.21. The molecule has 3 aromatic carbocycles. The summed E-state index contributed by atoms with van der Waals surface area (Å²) in [5.74, 6) is -1.69. The normalized spacial score (nSPS) is 11.1. The van der Waals surface area contributed by atoms with Crippen molar-refractivity contribution < 1.29 is 19.1 Å². The Morgan fingerprint density at radius 1 is 0.971 bits per heavy atom. The van der Waals surface area contributed by atoms with Gasteiger partial charge in [-0.25, -0.2) is 14.0 Å². The number of benzene rings is 3. The number of carboxylic acid groups (broad SMARTS) is 1. The van der Waals surface area contributed by atoms with E-state index >= 15 is 0 Å². The van der Waals surface area contributed by atoms with E-state index in [0.29, 0.717) is 23.5 Å². The smallest absolute Gasteiger partial charge is 0.336 e. The van der Waals surface area contributed by atoms with Gasteiger partial charge in [-0.2, -0.15) is 0 Å². The molecule has 0 saturated carbocycles. The Morgan fingerprint density at radius 3 is 2.26 bits per heavy atom. The van der Waals surface area contributed by atoms with E-state index in [1.165, 1.54) is 12.1 Å². The number of urea groups is 1. The van der Waals surface area contributed by atoms with Crippen molar-refractivity contribution in [1.29, 1.82) is 0 Å². The van der Waals surface area contributed by atoms with Gasteiger partial charge < -0.3 is 20.6 Å². The van der Waals surface area contributed by atoms with Crippen LogP contribution in [0.15, 0.2) is 60.7 Å². The molecule has 0 bridgehead atoms. The van der Waals surface area contributed by atoms with Crippen molar-refractivity contribution in [2.24, 2.45) is 5.41 Å². The molecule has 184 valence electrons. The minimum Gasteiger partial charge on any atom is -0.478 e. The molecular formula is C28H32FN3O3. The predicted octanol–water partition coefficient (Wildman–Crippen LogP) is 7.02. The van der Waals surface area contributed by atoms with E-state index in [0.717, 1.165) is 23.9 Å². The van der Waals surface area contributed by atoms with Crippen LogP contribution in [-0.4, -0.2) is 30.2 Å². The van der Waals surface area contributed by atoms with Crippen molar-refractivity contribution in [2.75, 3.05) is 28.6 Å². The summed E-state index contributed by atoms with van der Waals surface area (Å²) >= 11 is 0. The lowest BCUT2D eigenvalue weighted by atomic mass is 9.95. The maximum absolute atomic E-state index is 14.0. The molecule has 0 saturated heterocycles. The number of amides is 2. The summed E-state index contributed by atoms with van der Waals surface area (Å²) in [5.41, 5.74) is 3.72. The number of carbonyl (C=O) groups excluding carboxylic acids is 1. The third-order valence-corrected chi connectivity index (χ3v) is 5.46. The maximum Gasteiger partial charge on any atom is 0.336 e. The van der Waals surface area contributed by atoms with E-state index in [4.69, 9.17) is 0 Å². The average Bonchev–Trinajstić information content (AvgIpc) is 2.78. The molecule has 0 atom stereocenters. The molecule has 35 heavy (non-hydrogen) atoms. The minimum atomic E-state index is -1.15. The van der Waals surface area contributed by atoms with E-state index in [1.54, 1.807) is 12.1 Å². The average molecular weight is 478 g/mol. The van der Waals surface area contributed by atoms with Gasteiger partial charge >= 0.3 is 12.0 Å². The van der Waals surface area contributed by atoms with E-state index in [1.807, 2.05) is 44.2 Å². The number of carboxylic acids is 1. The molecule has 0 heterocycles. The Bertz CT molecular complexity index is 1220. The first-order valence-electron chi connectivity index (χ1n) is 11.5. The molecule has 0 radical (unpaired) electrons. The maximum atomic E-state index is 14.0. The second-order valence-corrected chi connectivity index (χ2v) is 9.75. The molecule has 2 amide bonds. The first-order chi connectivity index (χ1) is 16.5. The first-order valence-corrected chi connectivity index (χ1v) is 11.5. The molecule has 0 aliphatic rings. The van der Waals surface area contributed by atoms with Crippen molar-refractivity contribution in [1.82, 2.24) is 0 Å². The van der Waals surface area contributed by atoms with Gasteiger partial charge in [-0.15, -0.1) is 0 Å². The summed E-state index contributed by atoms with van der Waals surface area (Å²) in [6, 6.07) is 15.9. The summed E-state index contributed by atoms with van der Waals surface area (Å²) in [6.45, 7) is 11.8. The van der Waals surface area contributed by atoms with E-state index in [2.05, 4.69) is 36.3 Å². The molecule has 3 rings (SSSR count). The van der Waals surface area contributed by atoms with Crippen LogP contribution in [0.1, 0.15) is 43.6 Å². The topological polar surface area (TPSA) is 81.7 Å². The SMILES string of the molecule is CCN(CC(C)(C)C)c1ccc(-c2cc(F)ccc2C(=O)O)cc1NC(=O)Nc1ccc(C)cc1.